The molecule has 0 N–H and O–H groups in total. The highest BCUT2D eigenvalue weighted by atomic mass is 16.2. The molecule has 0 amide bonds. The third-order valence-corrected chi connectivity index (χ3v) is 2.54. The summed E-state index contributed by atoms with van der Waals surface area (Å²) < 4.78 is 2.67. The Bertz CT molecular complexity index is 549. The van der Waals surface area contributed by atoms with Gasteiger partial charge in [-0.1, -0.05) is 0 Å². The van der Waals surface area contributed by atoms with Crippen molar-refractivity contribution in [2.75, 3.05) is 0 Å². The summed E-state index contributed by atoms with van der Waals surface area (Å²) in [5.74, 6) is 0.562. The topological polar surface area (TPSA) is 52.2 Å². The molecule has 2 aromatic rings. The van der Waals surface area contributed by atoms with Gasteiger partial charge in [0.1, 0.15) is 0 Å². The van der Waals surface area contributed by atoms with Gasteiger partial charge in [0, 0.05) is 13.0 Å². The van der Waals surface area contributed by atoms with Gasteiger partial charge in [0.25, 0.3) is 0 Å². The van der Waals surface area contributed by atoms with E-state index in [0.717, 1.165) is 5.69 Å². The van der Waals surface area contributed by atoms with Crippen LogP contribution in [0, 0.1) is 0 Å². The average Bonchev–Trinajstić information content (AvgIpc) is 2.97. The fourth-order valence-electron chi connectivity index (χ4n) is 1.58. The molecular weight excluding hydrogens is 180 g/mol. The van der Waals surface area contributed by atoms with E-state index in [2.05, 4.69) is 10.2 Å². The molecule has 72 valence electrons. The SMILES string of the molecule is Cn1nc2ccc(C3CC3)nn2c1=O. The van der Waals surface area contributed by atoms with E-state index in [1.54, 1.807) is 7.05 Å². The van der Waals surface area contributed by atoms with E-state index in [9.17, 15) is 4.79 Å². The van der Waals surface area contributed by atoms with Crippen LogP contribution in [0.25, 0.3) is 5.65 Å². The van der Waals surface area contributed by atoms with Crippen molar-refractivity contribution in [3.05, 3.63) is 28.3 Å². The standard InChI is InChI=1S/C9H10N4O/c1-12-9(14)13-8(11-12)5-4-7(10-13)6-2-3-6/h4-6H,2-3H2,1H3. The van der Waals surface area contributed by atoms with Gasteiger partial charge in [-0.05, 0) is 25.0 Å². The lowest BCUT2D eigenvalue weighted by molar-refractivity contribution is 0.712. The summed E-state index contributed by atoms with van der Waals surface area (Å²) in [5.41, 5.74) is 1.44. The lowest BCUT2D eigenvalue weighted by atomic mass is 10.3. The summed E-state index contributed by atoms with van der Waals surface area (Å²) in [6.07, 6.45) is 2.38. The van der Waals surface area contributed by atoms with Crippen LogP contribution in [0.15, 0.2) is 16.9 Å². The summed E-state index contributed by atoms with van der Waals surface area (Å²) >= 11 is 0. The van der Waals surface area contributed by atoms with Crippen molar-refractivity contribution in [1.29, 1.82) is 0 Å². The Morgan fingerprint density at radius 1 is 1.36 bits per heavy atom. The van der Waals surface area contributed by atoms with Gasteiger partial charge in [-0.25, -0.2) is 9.48 Å². The third kappa shape index (κ3) is 0.982. The highest BCUT2D eigenvalue weighted by Crippen LogP contribution is 2.38. The van der Waals surface area contributed by atoms with E-state index in [4.69, 9.17) is 0 Å². The van der Waals surface area contributed by atoms with E-state index in [-0.39, 0.29) is 5.69 Å². The molecule has 1 fully saturated rings. The predicted octanol–water partition coefficient (Wildman–Crippen LogP) is 0.305. The first-order valence-corrected chi connectivity index (χ1v) is 4.69. The van der Waals surface area contributed by atoms with Crippen LogP contribution in [0.2, 0.25) is 0 Å². The normalized spacial score (nSPS) is 16.4. The molecule has 0 aliphatic heterocycles. The van der Waals surface area contributed by atoms with E-state index in [1.165, 1.54) is 22.0 Å². The van der Waals surface area contributed by atoms with Crippen molar-refractivity contribution in [2.45, 2.75) is 18.8 Å². The van der Waals surface area contributed by atoms with Crippen LogP contribution in [-0.2, 0) is 7.05 Å². The van der Waals surface area contributed by atoms with E-state index < -0.39 is 0 Å². The molecule has 0 radical (unpaired) electrons. The molecule has 1 aliphatic rings. The van der Waals surface area contributed by atoms with Gasteiger partial charge in [-0.2, -0.15) is 9.61 Å². The zero-order valence-corrected chi connectivity index (χ0v) is 7.84. The van der Waals surface area contributed by atoms with E-state index in [1.807, 2.05) is 12.1 Å². The van der Waals surface area contributed by atoms with E-state index >= 15 is 0 Å². The Morgan fingerprint density at radius 3 is 2.86 bits per heavy atom. The maximum absolute atomic E-state index is 11.5. The minimum Gasteiger partial charge on any atom is -0.244 e. The zero-order chi connectivity index (χ0) is 9.71. The van der Waals surface area contributed by atoms with Gasteiger partial charge in [-0.3, -0.25) is 0 Å². The molecule has 2 heterocycles. The zero-order valence-electron chi connectivity index (χ0n) is 7.84. The molecule has 1 aliphatic carbocycles. The Kier molecular flexibility index (Phi) is 1.34. The number of fused-ring (bicyclic) bond motifs is 1. The van der Waals surface area contributed by atoms with Gasteiger partial charge < -0.3 is 0 Å². The Balaban J connectivity index is 2.30. The van der Waals surface area contributed by atoms with Crippen LogP contribution in [-0.4, -0.2) is 19.4 Å². The van der Waals surface area contributed by atoms with Crippen LogP contribution in [0.3, 0.4) is 0 Å². The fourth-order valence-corrected chi connectivity index (χ4v) is 1.58. The first kappa shape index (κ1) is 7.73. The highest BCUT2D eigenvalue weighted by Gasteiger charge is 2.25. The maximum atomic E-state index is 11.5. The Hall–Kier alpha value is -1.65. The van der Waals surface area contributed by atoms with Crippen molar-refractivity contribution in [2.24, 2.45) is 7.05 Å². The Labute approximate surface area is 80.0 Å². The molecular formula is C9H10N4O. The molecule has 0 bridgehead atoms. The lowest BCUT2D eigenvalue weighted by Gasteiger charge is -1.95. The van der Waals surface area contributed by atoms with Crippen molar-refractivity contribution in [1.82, 2.24) is 19.4 Å². The molecule has 0 saturated heterocycles. The summed E-state index contributed by atoms with van der Waals surface area (Å²) in [4.78, 5) is 11.5. The molecule has 1 saturated carbocycles. The molecule has 2 aromatic heterocycles. The maximum Gasteiger partial charge on any atom is 0.366 e. The summed E-state index contributed by atoms with van der Waals surface area (Å²) in [6, 6.07) is 3.81. The van der Waals surface area contributed by atoms with Gasteiger partial charge >= 0.3 is 5.69 Å². The molecule has 3 rings (SSSR count). The molecule has 0 atom stereocenters. The van der Waals surface area contributed by atoms with Crippen LogP contribution in [0.4, 0.5) is 0 Å². The monoisotopic (exact) mass is 190 g/mol. The van der Waals surface area contributed by atoms with Crippen LogP contribution < -0.4 is 5.69 Å². The number of hydrogen-bond donors (Lipinski definition) is 0. The third-order valence-electron chi connectivity index (χ3n) is 2.54. The molecule has 0 aromatic carbocycles. The Morgan fingerprint density at radius 2 is 2.14 bits per heavy atom. The second-order valence-corrected chi connectivity index (χ2v) is 3.71. The smallest absolute Gasteiger partial charge is 0.244 e. The lowest BCUT2D eigenvalue weighted by Crippen LogP contribution is -2.19. The second-order valence-electron chi connectivity index (χ2n) is 3.71. The molecule has 5 nitrogen and oxygen atoms in total. The summed E-state index contributed by atoms with van der Waals surface area (Å²) in [6.45, 7) is 0. The van der Waals surface area contributed by atoms with Crippen molar-refractivity contribution >= 4 is 5.65 Å². The predicted molar refractivity (Wildman–Crippen MR) is 50.2 cm³/mol. The number of aromatic nitrogens is 4. The van der Waals surface area contributed by atoms with E-state index in [0.29, 0.717) is 11.6 Å². The quantitative estimate of drug-likeness (QED) is 0.650. The van der Waals surface area contributed by atoms with Gasteiger partial charge in [0.05, 0.1) is 5.69 Å². The molecule has 14 heavy (non-hydrogen) atoms. The molecule has 0 unspecified atom stereocenters. The van der Waals surface area contributed by atoms with Crippen molar-refractivity contribution < 1.29 is 0 Å². The second kappa shape index (κ2) is 2.43. The number of aryl methyl sites for hydroxylation is 1. The van der Waals surface area contributed by atoms with Gasteiger partial charge in [-0.15, -0.1) is 5.10 Å². The van der Waals surface area contributed by atoms with Crippen LogP contribution in [0.5, 0.6) is 0 Å². The summed E-state index contributed by atoms with van der Waals surface area (Å²) in [5, 5.41) is 8.32. The van der Waals surface area contributed by atoms with Crippen molar-refractivity contribution in [3.63, 3.8) is 0 Å². The molecule has 0 spiro atoms. The number of nitrogens with zero attached hydrogens (tertiary/aromatic N) is 4. The minimum atomic E-state index is -0.178. The van der Waals surface area contributed by atoms with Gasteiger partial charge in [0.2, 0.25) is 0 Å². The largest absolute Gasteiger partial charge is 0.366 e. The first-order valence-electron chi connectivity index (χ1n) is 4.69. The van der Waals surface area contributed by atoms with Crippen LogP contribution in [0.1, 0.15) is 24.5 Å². The van der Waals surface area contributed by atoms with Gasteiger partial charge in [0.15, 0.2) is 5.65 Å². The first-order chi connectivity index (χ1) is 6.75. The minimum absolute atomic E-state index is 0.178. The molecule has 5 heteroatoms. The highest BCUT2D eigenvalue weighted by molar-refractivity contribution is 5.35. The van der Waals surface area contributed by atoms with Crippen molar-refractivity contribution in [3.8, 4) is 0 Å². The summed E-state index contributed by atoms with van der Waals surface area (Å²) in [7, 11) is 1.63. The number of rotatable bonds is 1. The van der Waals surface area contributed by atoms with Crippen LogP contribution >= 0.6 is 0 Å². The fraction of sp³-hybridized carbons (Fsp3) is 0.444. The average molecular weight is 190 g/mol. The number of hydrogen-bond acceptors (Lipinski definition) is 3.